The summed E-state index contributed by atoms with van der Waals surface area (Å²) in [6, 6.07) is 9.22. The Morgan fingerprint density at radius 2 is 1.97 bits per heavy atom. The quantitative estimate of drug-likeness (QED) is 0.384. The molecule has 0 spiro atoms. The van der Waals surface area contributed by atoms with Gasteiger partial charge < -0.3 is 4.74 Å². The van der Waals surface area contributed by atoms with Crippen LogP contribution in [0.25, 0.3) is 21.7 Å². The van der Waals surface area contributed by atoms with E-state index in [0.717, 1.165) is 21.7 Å². The second-order valence-electron chi connectivity index (χ2n) is 6.33. The van der Waals surface area contributed by atoms with Gasteiger partial charge in [-0.15, -0.1) is 11.3 Å². The van der Waals surface area contributed by atoms with E-state index in [1.54, 1.807) is 40.8 Å². The average Bonchev–Trinajstić information content (AvgIpc) is 3.50. The molecule has 150 valence electrons. The molecule has 9 nitrogen and oxygen atoms in total. The van der Waals surface area contributed by atoms with E-state index in [2.05, 4.69) is 25.1 Å². The minimum atomic E-state index is 0.413. The molecule has 0 bridgehead atoms. The standard InChI is InChI=1S/C19H15ClN8OS/c20-13-1-3-14(4-2-13)29-7-6-28-19(17-18-15(5-8-30-18)22-11-23-17)25-16(26-28)9-27-12-21-10-24-27/h1-5,8,10-12H,6-7,9H2. The zero-order valence-corrected chi connectivity index (χ0v) is 17.2. The number of hydrogen-bond donors (Lipinski definition) is 0. The normalized spacial score (nSPS) is 11.2. The van der Waals surface area contributed by atoms with Crippen LogP contribution >= 0.6 is 22.9 Å². The van der Waals surface area contributed by atoms with Crippen LogP contribution in [0.2, 0.25) is 5.02 Å². The molecule has 0 aliphatic heterocycles. The van der Waals surface area contributed by atoms with Gasteiger partial charge in [-0.3, -0.25) is 0 Å². The van der Waals surface area contributed by atoms with E-state index in [-0.39, 0.29) is 0 Å². The number of rotatable bonds is 7. The summed E-state index contributed by atoms with van der Waals surface area (Å²) in [5.74, 6) is 2.02. The molecular formula is C19H15ClN8OS. The van der Waals surface area contributed by atoms with Gasteiger partial charge in [0.05, 0.1) is 16.8 Å². The highest BCUT2D eigenvalue weighted by Crippen LogP contribution is 2.28. The first-order chi connectivity index (χ1) is 14.8. The van der Waals surface area contributed by atoms with Crippen molar-refractivity contribution in [3.8, 4) is 17.3 Å². The number of hydrogen-bond acceptors (Lipinski definition) is 8. The molecule has 0 aliphatic rings. The van der Waals surface area contributed by atoms with Crippen molar-refractivity contribution in [2.75, 3.05) is 6.61 Å². The Morgan fingerprint density at radius 3 is 2.80 bits per heavy atom. The Balaban J connectivity index is 1.44. The molecule has 11 heteroatoms. The van der Waals surface area contributed by atoms with E-state index in [9.17, 15) is 0 Å². The molecular weight excluding hydrogens is 424 g/mol. The monoisotopic (exact) mass is 438 g/mol. The molecule has 5 aromatic rings. The molecule has 30 heavy (non-hydrogen) atoms. The molecule has 0 N–H and O–H groups in total. The second kappa shape index (κ2) is 8.17. The molecule has 0 saturated heterocycles. The Bertz CT molecular complexity index is 1270. The first-order valence-corrected chi connectivity index (χ1v) is 10.3. The van der Waals surface area contributed by atoms with Crippen molar-refractivity contribution in [2.45, 2.75) is 13.1 Å². The molecule has 5 rings (SSSR count). The van der Waals surface area contributed by atoms with Gasteiger partial charge in [0.1, 0.15) is 43.6 Å². The Morgan fingerprint density at radius 1 is 1.07 bits per heavy atom. The van der Waals surface area contributed by atoms with Gasteiger partial charge in [-0.05, 0) is 35.7 Å². The van der Waals surface area contributed by atoms with Crippen LogP contribution in [0.4, 0.5) is 0 Å². The Hall–Kier alpha value is -3.37. The lowest BCUT2D eigenvalue weighted by Crippen LogP contribution is -2.12. The zero-order valence-electron chi connectivity index (χ0n) is 15.6. The highest BCUT2D eigenvalue weighted by Gasteiger charge is 2.17. The molecule has 4 heterocycles. The Kier molecular flexibility index (Phi) is 5.08. The minimum Gasteiger partial charge on any atom is -0.492 e. The predicted molar refractivity (Wildman–Crippen MR) is 113 cm³/mol. The van der Waals surface area contributed by atoms with Crippen LogP contribution in [0.3, 0.4) is 0 Å². The van der Waals surface area contributed by atoms with Crippen LogP contribution in [0.15, 0.2) is 54.7 Å². The van der Waals surface area contributed by atoms with E-state index in [0.29, 0.717) is 36.4 Å². The summed E-state index contributed by atoms with van der Waals surface area (Å²) in [5.41, 5.74) is 1.63. The molecule has 0 saturated carbocycles. The number of aromatic nitrogens is 8. The van der Waals surface area contributed by atoms with Crippen LogP contribution in [-0.4, -0.2) is 46.1 Å². The van der Waals surface area contributed by atoms with E-state index >= 15 is 0 Å². The molecule has 0 atom stereocenters. The average molecular weight is 439 g/mol. The Labute approximate surface area is 180 Å². The fourth-order valence-electron chi connectivity index (χ4n) is 2.98. The van der Waals surface area contributed by atoms with Gasteiger partial charge in [-0.1, -0.05) is 11.6 Å². The van der Waals surface area contributed by atoms with E-state index in [1.807, 2.05) is 28.3 Å². The number of fused-ring (bicyclic) bond motifs is 1. The van der Waals surface area contributed by atoms with Crippen molar-refractivity contribution in [3.63, 3.8) is 0 Å². The van der Waals surface area contributed by atoms with Crippen molar-refractivity contribution < 1.29 is 4.74 Å². The lowest BCUT2D eigenvalue weighted by Gasteiger charge is -2.08. The van der Waals surface area contributed by atoms with Crippen molar-refractivity contribution >= 4 is 33.2 Å². The molecule has 0 fully saturated rings. The maximum Gasteiger partial charge on any atom is 0.178 e. The van der Waals surface area contributed by atoms with Crippen LogP contribution in [0.1, 0.15) is 5.82 Å². The van der Waals surface area contributed by atoms with Gasteiger partial charge in [0.15, 0.2) is 11.6 Å². The van der Waals surface area contributed by atoms with Crippen LogP contribution in [-0.2, 0) is 13.1 Å². The van der Waals surface area contributed by atoms with Crippen LogP contribution in [0.5, 0.6) is 5.75 Å². The minimum absolute atomic E-state index is 0.413. The number of ether oxygens (including phenoxy) is 1. The van der Waals surface area contributed by atoms with E-state index < -0.39 is 0 Å². The van der Waals surface area contributed by atoms with Crippen molar-refractivity contribution in [3.05, 3.63) is 65.5 Å². The lowest BCUT2D eigenvalue weighted by molar-refractivity contribution is 0.291. The van der Waals surface area contributed by atoms with E-state index in [4.69, 9.17) is 21.3 Å². The molecule has 0 radical (unpaired) electrons. The fourth-order valence-corrected chi connectivity index (χ4v) is 3.93. The molecule has 0 unspecified atom stereocenters. The summed E-state index contributed by atoms with van der Waals surface area (Å²) in [7, 11) is 0. The maximum absolute atomic E-state index is 5.93. The van der Waals surface area contributed by atoms with Crippen LogP contribution in [0, 0.1) is 0 Å². The van der Waals surface area contributed by atoms with Gasteiger partial charge in [0, 0.05) is 5.02 Å². The maximum atomic E-state index is 5.93. The van der Waals surface area contributed by atoms with Gasteiger partial charge in [0.2, 0.25) is 0 Å². The number of nitrogens with zero attached hydrogens (tertiary/aromatic N) is 8. The highest BCUT2D eigenvalue weighted by atomic mass is 35.5. The van der Waals surface area contributed by atoms with Gasteiger partial charge in [-0.25, -0.2) is 29.3 Å². The smallest absolute Gasteiger partial charge is 0.178 e. The summed E-state index contributed by atoms with van der Waals surface area (Å²) in [5, 5.41) is 11.4. The number of benzene rings is 1. The van der Waals surface area contributed by atoms with E-state index in [1.165, 1.54) is 6.33 Å². The summed E-state index contributed by atoms with van der Waals surface area (Å²) in [6.45, 7) is 1.33. The lowest BCUT2D eigenvalue weighted by atomic mass is 10.3. The zero-order chi connectivity index (χ0) is 20.3. The third-order valence-electron chi connectivity index (χ3n) is 4.33. The van der Waals surface area contributed by atoms with Crippen molar-refractivity contribution in [1.82, 2.24) is 39.5 Å². The third kappa shape index (κ3) is 3.87. The van der Waals surface area contributed by atoms with Crippen molar-refractivity contribution in [2.24, 2.45) is 0 Å². The van der Waals surface area contributed by atoms with Crippen LogP contribution < -0.4 is 4.74 Å². The number of halogens is 1. The molecule has 4 aromatic heterocycles. The third-order valence-corrected chi connectivity index (χ3v) is 5.49. The first-order valence-electron chi connectivity index (χ1n) is 9.09. The molecule has 0 amide bonds. The summed E-state index contributed by atoms with van der Waals surface area (Å²) in [4.78, 5) is 17.5. The van der Waals surface area contributed by atoms with Crippen molar-refractivity contribution in [1.29, 1.82) is 0 Å². The summed E-state index contributed by atoms with van der Waals surface area (Å²) >= 11 is 7.51. The molecule has 0 aliphatic carbocycles. The second-order valence-corrected chi connectivity index (χ2v) is 7.68. The largest absolute Gasteiger partial charge is 0.492 e. The summed E-state index contributed by atoms with van der Waals surface area (Å²) in [6.07, 6.45) is 4.66. The summed E-state index contributed by atoms with van der Waals surface area (Å²) < 4.78 is 10.3. The highest BCUT2D eigenvalue weighted by molar-refractivity contribution is 7.17. The first kappa shape index (κ1) is 18.6. The van der Waals surface area contributed by atoms with Gasteiger partial charge in [-0.2, -0.15) is 10.2 Å². The number of thiophene rings is 1. The molecule has 1 aromatic carbocycles. The predicted octanol–water partition coefficient (Wildman–Crippen LogP) is 3.32. The SMILES string of the molecule is Clc1ccc(OCCn2nc(Cn3cncn3)nc2-c2ncnc3ccsc23)cc1. The topological polar surface area (TPSA) is 96.4 Å². The van der Waals surface area contributed by atoms with Gasteiger partial charge >= 0.3 is 0 Å². The van der Waals surface area contributed by atoms with Gasteiger partial charge in [0.25, 0.3) is 0 Å². The fraction of sp³-hybridized carbons (Fsp3) is 0.158.